The lowest BCUT2D eigenvalue weighted by Gasteiger charge is -2.14. The van der Waals surface area contributed by atoms with Crippen LogP contribution in [0, 0.1) is 0 Å². The van der Waals surface area contributed by atoms with E-state index < -0.39 is 6.29 Å². The van der Waals surface area contributed by atoms with Gasteiger partial charge in [0, 0.05) is 7.05 Å². The summed E-state index contributed by atoms with van der Waals surface area (Å²) in [6, 6.07) is 0. The van der Waals surface area contributed by atoms with E-state index in [0.29, 0.717) is 0 Å². The summed E-state index contributed by atoms with van der Waals surface area (Å²) in [6.07, 6.45) is 29.3. The van der Waals surface area contributed by atoms with E-state index in [1.54, 1.807) is 0 Å². The molecule has 0 aliphatic heterocycles. The third-order valence-electron chi connectivity index (χ3n) is 5.54. The molecule has 0 amide bonds. The minimum Gasteiger partial charge on any atom is -0.376 e. The van der Waals surface area contributed by atoms with Crippen molar-refractivity contribution in [3.8, 4) is 0 Å². The predicted molar refractivity (Wildman–Crippen MR) is 123 cm³/mol. The van der Waals surface area contributed by atoms with Crippen LogP contribution in [0.1, 0.15) is 129 Å². The zero-order valence-corrected chi connectivity index (χ0v) is 19.2. The van der Waals surface area contributed by atoms with E-state index >= 15 is 0 Å². The van der Waals surface area contributed by atoms with Gasteiger partial charge in [0.15, 0.2) is 6.29 Å². The largest absolute Gasteiger partial charge is 0.376 e. The number of rotatable bonds is 22. The second kappa shape index (κ2) is 22.7. The zero-order chi connectivity index (χ0) is 20.7. The maximum atomic E-state index is 8.87. The molecule has 0 spiro atoms. The minimum atomic E-state index is -1.25. The molecule has 3 nitrogen and oxygen atoms in total. The van der Waals surface area contributed by atoms with Crippen molar-refractivity contribution in [1.29, 1.82) is 0 Å². The van der Waals surface area contributed by atoms with Crippen LogP contribution >= 0.6 is 0 Å². The highest BCUT2D eigenvalue weighted by atomic mass is 16.5. The minimum absolute atomic E-state index is 0.273. The topological polar surface area (TPSA) is 43.7 Å². The monoisotopic (exact) mass is 397 g/mol. The molecule has 0 aromatic carbocycles. The summed E-state index contributed by atoms with van der Waals surface area (Å²) >= 11 is 0. The van der Waals surface area contributed by atoms with E-state index in [9.17, 15) is 0 Å². The Morgan fingerprint density at radius 3 is 1.32 bits per heavy atom. The maximum absolute atomic E-state index is 8.87. The first-order valence-electron chi connectivity index (χ1n) is 12.4. The van der Waals surface area contributed by atoms with Crippen molar-refractivity contribution in [2.75, 3.05) is 13.6 Å². The van der Waals surface area contributed by atoms with Crippen molar-refractivity contribution < 1.29 is 10.2 Å². The Morgan fingerprint density at radius 2 is 0.964 bits per heavy atom. The molecule has 0 saturated heterocycles. The Balaban J connectivity index is 3.11. The average Bonchev–Trinajstić information content (AvgIpc) is 2.66. The van der Waals surface area contributed by atoms with Crippen LogP contribution in [0.25, 0.3) is 0 Å². The summed E-state index contributed by atoms with van der Waals surface area (Å²) < 4.78 is 0. The second-order valence-electron chi connectivity index (χ2n) is 8.60. The zero-order valence-electron chi connectivity index (χ0n) is 19.2. The van der Waals surface area contributed by atoms with E-state index in [1.165, 1.54) is 116 Å². The van der Waals surface area contributed by atoms with Gasteiger partial charge in [-0.25, -0.2) is 0 Å². The quantitative estimate of drug-likeness (QED) is 0.150. The molecule has 0 saturated carbocycles. The first kappa shape index (κ1) is 27.5. The van der Waals surface area contributed by atoms with Crippen LogP contribution in [-0.4, -0.2) is 35.0 Å². The van der Waals surface area contributed by atoms with Crippen LogP contribution in [0.5, 0.6) is 0 Å². The number of aliphatic hydroxyl groups excluding tert-OH is 1. The lowest BCUT2D eigenvalue weighted by atomic mass is 10.0. The number of unbranched alkanes of at least 4 members (excludes halogenated alkanes) is 18. The molecule has 0 fully saturated rings. The molecule has 2 N–H and O–H groups in total. The average molecular weight is 398 g/mol. The highest BCUT2D eigenvalue weighted by Crippen LogP contribution is 2.14. The van der Waals surface area contributed by atoms with Gasteiger partial charge < -0.3 is 15.1 Å². The standard InChI is InChI=1S/C25H51NO2/c1-3-4-5-6-7-8-9-10-11-12-13-14-15-16-17-18-19-20-21-22-23-26(2)24-25(27)28/h22-23,25,27-28H,3-21,24H2,1-2H3. The van der Waals surface area contributed by atoms with Gasteiger partial charge in [0.05, 0.1) is 6.54 Å². The van der Waals surface area contributed by atoms with Gasteiger partial charge in [0.1, 0.15) is 0 Å². The SMILES string of the molecule is CCCCCCCCCCCCCCCCCCCCC=CN(C)CC(O)O. The summed E-state index contributed by atoms with van der Waals surface area (Å²) in [5.74, 6) is 0. The molecule has 0 radical (unpaired) electrons. The molecule has 3 heteroatoms. The molecule has 0 bridgehead atoms. The first-order valence-corrected chi connectivity index (χ1v) is 12.4. The molecular formula is C25H51NO2. The van der Waals surface area contributed by atoms with E-state index in [1.807, 2.05) is 18.1 Å². The molecule has 0 atom stereocenters. The third-order valence-corrected chi connectivity index (χ3v) is 5.54. The Bertz CT molecular complexity index is 318. The van der Waals surface area contributed by atoms with Crippen molar-refractivity contribution in [2.24, 2.45) is 0 Å². The molecule has 168 valence electrons. The smallest absolute Gasteiger partial charge is 0.169 e. The van der Waals surface area contributed by atoms with E-state index in [0.717, 1.165) is 6.42 Å². The Hall–Kier alpha value is -0.540. The Morgan fingerprint density at radius 1 is 0.607 bits per heavy atom. The normalized spacial score (nSPS) is 11.8. The summed E-state index contributed by atoms with van der Waals surface area (Å²) in [7, 11) is 1.87. The lowest BCUT2D eigenvalue weighted by Crippen LogP contribution is -2.24. The number of nitrogens with zero attached hydrogens (tertiary/aromatic N) is 1. The fraction of sp³-hybridized carbons (Fsp3) is 0.920. The van der Waals surface area contributed by atoms with Crippen LogP contribution < -0.4 is 0 Å². The summed E-state index contributed by atoms with van der Waals surface area (Å²) in [5, 5.41) is 17.7. The van der Waals surface area contributed by atoms with Gasteiger partial charge in [-0.1, -0.05) is 122 Å². The van der Waals surface area contributed by atoms with Crippen LogP contribution in [0.2, 0.25) is 0 Å². The third kappa shape index (κ3) is 23.5. The molecule has 0 heterocycles. The van der Waals surface area contributed by atoms with Gasteiger partial charge in [0.25, 0.3) is 0 Å². The number of hydrogen-bond donors (Lipinski definition) is 2. The van der Waals surface area contributed by atoms with Crippen LogP contribution in [0.4, 0.5) is 0 Å². The van der Waals surface area contributed by atoms with Gasteiger partial charge in [0.2, 0.25) is 0 Å². The molecular weight excluding hydrogens is 346 g/mol. The summed E-state index contributed by atoms with van der Waals surface area (Å²) in [5.41, 5.74) is 0. The lowest BCUT2D eigenvalue weighted by molar-refractivity contribution is -0.0510. The molecule has 0 rings (SSSR count). The van der Waals surface area contributed by atoms with Gasteiger partial charge >= 0.3 is 0 Å². The van der Waals surface area contributed by atoms with Gasteiger partial charge in [-0.15, -0.1) is 0 Å². The van der Waals surface area contributed by atoms with E-state index in [4.69, 9.17) is 10.2 Å². The summed E-state index contributed by atoms with van der Waals surface area (Å²) in [4.78, 5) is 1.82. The Labute approximate surface area is 176 Å². The van der Waals surface area contributed by atoms with Gasteiger partial charge in [-0.2, -0.15) is 0 Å². The fourth-order valence-electron chi connectivity index (χ4n) is 3.74. The molecule has 0 unspecified atom stereocenters. The first-order chi connectivity index (χ1) is 13.7. The summed E-state index contributed by atoms with van der Waals surface area (Å²) in [6.45, 7) is 2.56. The maximum Gasteiger partial charge on any atom is 0.169 e. The molecule has 0 aliphatic rings. The molecule has 28 heavy (non-hydrogen) atoms. The van der Waals surface area contributed by atoms with Crippen molar-refractivity contribution in [1.82, 2.24) is 4.90 Å². The fourth-order valence-corrected chi connectivity index (χ4v) is 3.74. The van der Waals surface area contributed by atoms with Crippen LogP contribution in [0.15, 0.2) is 12.3 Å². The van der Waals surface area contributed by atoms with Crippen molar-refractivity contribution >= 4 is 0 Å². The van der Waals surface area contributed by atoms with Gasteiger partial charge in [-0.3, -0.25) is 0 Å². The molecule has 0 aliphatic carbocycles. The predicted octanol–water partition coefficient (Wildman–Crippen LogP) is 7.17. The number of likely N-dealkylation sites (N-methyl/N-ethyl adjacent to an activating group) is 1. The highest BCUT2D eigenvalue weighted by Gasteiger charge is 1.98. The van der Waals surface area contributed by atoms with Crippen molar-refractivity contribution in [2.45, 2.75) is 135 Å². The van der Waals surface area contributed by atoms with Gasteiger partial charge in [-0.05, 0) is 19.0 Å². The van der Waals surface area contributed by atoms with Crippen LogP contribution in [0.3, 0.4) is 0 Å². The molecule has 0 aromatic heterocycles. The van der Waals surface area contributed by atoms with E-state index in [2.05, 4.69) is 13.0 Å². The van der Waals surface area contributed by atoms with E-state index in [-0.39, 0.29) is 6.54 Å². The van der Waals surface area contributed by atoms with Crippen molar-refractivity contribution in [3.05, 3.63) is 12.3 Å². The van der Waals surface area contributed by atoms with Crippen molar-refractivity contribution in [3.63, 3.8) is 0 Å². The second-order valence-corrected chi connectivity index (χ2v) is 8.60. The number of hydrogen-bond acceptors (Lipinski definition) is 3. The molecule has 0 aromatic rings. The number of allylic oxidation sites excluding steroid dienone is 1. The number of aliphatic hydroxyl groups is 2. The van der Waals surface area contributed by atoms with Crippen LogP contribution in [-0.2, 0) is 0 Å². The highest BCUT2D eigenvalue weighted by molar-refractivity contribution is 4.80. The Kier molecular flexibility index (Phi) is 22.3.